The summed E-state index contributed by atoms with van der Waals surface area (Å²) in [5.41, 5.74) is 0.617. The molecule has 1 saturated heterocycles. The Labute approximate surface area is 171 Å². The number of likely N-dealkylation sites (tertiary alicyclic amines) is 1. The van der Waals surface area contributed by atoms with Crippen molar-refractivity contribution in [1.29, 1.82) is 0 Å². The maximum Gasteiger partial charge on any atom is 0.272 e. The maximum atomic E-state index is 13.4. The number of amides is 1. The zero-order chi connectivity index (χ0) is 19.8. The average molecular weight is 386 g/mol. The van der Waals surface area contributed by atoms with Gasteiger partial charge < -0.3 is 10.0 Å². The van der Waals surface area contributed by atoms with Gasteiger partial charge in [-0.15, -0.1) is 0 Å². The highest BCUT2D eigenvalue weighted by molar-refractivity contribution is 5.96. The van der Waals surface area contributed by atoms with Gasteiger partial charge in [-0.1, -0.05) is 67.4 Å². The molecule has 0 spiro atoms. The lowest BCUT2D eigenvalue weighted by Gasteiger charge is -2.52. The molecule has 0 bridgehead atoms. The SMILES string of the molecule is O=C(c1cc2ccccc2cn1)N1CC[C@](O)(c2ccccc2)[C@H]2CCCC[C@H]21. The summed E-state index contributed by atoms with van der Waals surface area (Å²) >= 11 is 0. The Bertz CT molecular complexity index is 1040. The van der Waals surface area contributed by atoms with Crippen molar-refractivity contribution in [3.05, 3.63) is 78.1 Å². The Balaban J connectivity index is 1.47. The summed E-state index contributed by atoms with van der Waals surface area (Å²) < 4.78 is 0. The van der Waals surface area contributed by atoms with Crippen LogP contribution >= 0.6 is 0 Å². The third kappa shape index (κ3) is 3.12. The lowest BCUT2D eigenvalue weighted by Crippen LogP contribution is -2.59. The molecule has 5 rings (SSSR count). The molecule has 2 fully saturated rings. The molecule has 1 aliphatic carbocycles. The Morgan fingerprint density at radius 2 is 1.72 bits per heavy atom. The summed E-state index contributed by atoms with van der Waals surface area (Å²) in [7, 11) is 0. The largest absolute Gasteiger partial charge is 0.385 e. The van der Waals surface area contributed by atoms with Crippen LogP contribution in [0.5, 0.6) is 0 Å². The van der Waals surface area contributed by atoms with Gasteiger partial charge in [0.15, 0.2) is 0 Å². The van der Waals surface area contributed by atoms with Gasteiger partial charge in [0, 0.05) is 30.1 Å². The molecule has 2 aliphatic rings. The van der Waals surface area contributed by atoms with Crippen molar-refractivity contribution in [2.24, 2.45) is 5.92 Å². The third-order valence-electron chi connectivity index (χ3n) is 6.86. The second-order valence-electron chi connectivity index (χ2n) is 8.41. The molecule has 1 aliphatic heterocycles. The van der Waals surface area contributed by atoms with Gasteiger partial charge >= 0.3 is 0 Å². The molecule has 1 saturated carbocycles. The molecular weight excluding hydrogens is 360 g/mol. The predicted octanol–water partition coefficient (Wildman–Crippen LogP) is 4.53. The second-order valence-corrected chi connectivity index (χ2v) is 8.41. The van der Waals surface area contributed by atoms with E-state index in [2.05, 4.69) is 4.98 Å². The molecule has 148 valence electrons. The zero-order valence-electron chi connectivity index (χ0n) is 16.5. The lowest BCUT2D eigenvalue weighted by atomic mass is 9.66. The Kier molecular flexibility index (Phi) is 4.59. The van der Waals surface area contributed by atoms with Gasteiger partial charge in [0.1, 0.15) is 5.69 Å². The van der Waals surface area contributed by atoms with E-state index in [0.29, 0.717) is 18.7 Å². The van der Waals surface area contributed by atoms with Gasteiger partial charge in [-0.3, -0.25) is 9.78 Å². The first kappa shape index (κ1) is 18.3. The Morgan fingerprint density at radius 1 is 1.00 bits per heavy atom. The van der Waals surface area contributed by atoms with Crippen molar-refractivity contribution in [1.82, 2.24) is 9.88 Å². The number of piperidine rings is 1. The number of nitrogens with zero attached hydrogens (tertiary/aromatic N) is 2. The van der Waals surface area contributed by atoms with E-state index < -0.39 is 5.60 Å². The minimum absolute atomic E-state index is 0.0113. The molecule has 4 heteroatoms. The molecule has 1 amide bonds. The van der Waals surface area contributed by atoms with Crippen LogP contribution in [-0.2, 0) is 5.60 Å². The Morgan fingerprint density at radius 3 is 2.55 bits per heavy atom. The maximum absolute atomic E-state index is 13.4. The molecule has 4 nitrogen and oxygen atoms in total. The molecule has 2 heterocycles. The fraction of sp³-hybridized carbons (Fsp3) is 0.360. The van der Waals surface area contributed by atoms with Gasteiger partial charge in [-0.05, 0) is 36.3 Å². The van der Waals surface area contributed by atoms with E-state index in [1.165, 1.54) is 0 Å². The van der Waals surface area contributed by atoms with E-state index in [4.69, 9.17) is 0 Å². The first-order chi connectivity index (χ1) is 14.2. The van der Waals surface area contributed by atoms with Crippen LogP contribution in [0.1, 0.15) is 48.2 Å². The number of carbonyl (C=O) groups excluding carboxylic acids is 1. The van der Waals surface area contributed by atoms with E-state index in [1.807, 2.05) is 65.6 Å². The molecule has 1 N–H and O–H groups in total. The summed E-state index contributed by atoms with van der Waals surface area (Å²) in [4.78, 5) is 19.9. The highest BCUT2D eigenvalue weighted by Gasteiger charge is 2.50. The molecule has 3 aromatic rings. The summed E-state index contributed by atoms with van der Waals surface area (Å²) in [6.45, 7) is 0.555. The van der Waals surface area contributed by atoms with Gasteiger partial charge in [-0.2, -0.15) is 0 Å². The summed E-state index contributed by atoms with van der Waals surface area (Å²) in [6.07, 6.45) is 6.44. The standard InChI is InChI=1S/C25H26N2O2/c28-24(22-16-18-8-4-5-9-19(18)17-26-22)27-15-14-25(29,20-10-2-1-3-11-20)21-12-6-7-13-23(21)27/h1-5,8-11,16-17,21,23,29H,6-7,12-15H2/t21-,23+,25-/m0/s1. The summed E-state index contributed by atoms with van der Waals surface area (Å²) in [5, 5.41) is 13.8. The van der Waals surface area contributed by atoms with Crippen molar-refractivity contribution >= 4 is 16.7 Å². The number of hydrogen-bond donors (Lipinski definition) is 1. The van der Waals surface area contributed by atoms with Crippen LogP contribution in [0.2, 0.25) is 0 Å². The average Bonchev–Trinajstić information content (AvgIpc) is 2.79. The minimum atomic E-state index is -0.861. The van der Waals surface area contributed by atoms with Crippen LogP contribution in [0, 0.1) is 5.92 Å². The van der Waals surface area contributed by atoms with Gasteiger partial charge in [0.2, 0.25) is 0 Å². The lowest BCUT2D eigenvalue weighted by molar-refractivity contribution is -0.110. The second kappa shape index (κ2) is 7.27. The van der Waals surface area contributed by atoms with Crippen molar-refractivity contribution in [3.63, 3.8) is 0 Å². The van der Waals surface area contributed by atoms with Crippen LogP contribution in [0.3, 0.4) is 0 Å². The molecule has 0 radical (unpaired) electrons. The van der Waals surface area contributed by atoms with Crippen LogP contribution in [0.4, 0.5) is 0 Å². The first-order valence-electron chi connectivity index (χ1n) is 10.6. The number of aliphatic hydroxyl groups is 1. The highest BCUT2D eigenvalue weighted by atomic mass is 16.3. The Hall–Kier alpha value is -2.72. The molecule has 3 atom stereocenters. The van der Waals surface area contributed by atoms with E-state index in [9.17, 15) is 9.90 Å². The number of pyridine rings is 1. The van der Waals surface area contributed by atoms with Crippen molar-refractivity contribution in [2.75, 3.05) is 6.54 Å². The molecule has 1 aromatic heterocycles. The van der Waals surface area contributed by atoms with Gasteiger partial charge in [-0.25, -0.2) is 0 Å². The molecular formula is C25H26N2O2. The van der Waals surface area contributed by atoms with E-state index in [-0.39, 0.29) is 17.9 Å². The van der Waals surface area contributed by atoms with Crippen molar-refractivity contribution in [3.8, 4) is 0 Å². The first-order valence-corrected chi connectivity index (χ1v) is 10.6. The molecule has 0 unspecified atom stereocenters. The van der Waals surface area contributed by atoms with Crippen molar-refractivity contribution in [2.45, 2.75) is 43.7 Å². The van der Waals surface area contributed by atoms with Crippen LogP contribution in [-0.4, -0.2) is 33.5 Å². The number of hydrogen-bond acceptors (Lipinski definition) is 3. The topological polar surface area (TPSA) is 53.4 Å². The third-order valence-corrected chi connectivity index (χ3v) is 6.86. The smallest absolute Gasteiger partial charge is 0.272 e. The van der Waals surface area contributed by atoms with E-state index in [0.717, 1.165) is 42.0 Å². The quantitative estimate of drug-likeness (QED) is 0.704. The molecule has 29 heavy (non-hydrogen) atoms. The zero-order valence-corrected chi connectivity index (χ0v) is 16.5. The van der Waals surface area contributed by atoms with Crippen LogP contribution in [0.15, 0.2) is 66.9 Å². The number of aromatic nitrogens is 1. The highest BCUT2D eigenvalue weighted by Crippen LogP contribution is 2.47. The van der Waals surface area contributed by atoms with Crippen molar-refractivity contribution < 1.29 is 9.90 Å². The number of rotatable bonds is 2. The normalized spacial score (nSPS) is 26.9. The van der Waals surface area contributed by atoms with E-state index in [1.54, 1.807) is 6.20 Å². The van der Waals surface area contributed by atoms with Crippen LogP contribution < -0.4 is 0 Å². The van der Waals surface area contributed by atoms with Crippen LogP contribution in [0.25, 0.3) is 10.8 Å². The number of benzene rings is 2. The fourth-order valence-corrected chi connectivity index (χ4v) is 5.37. The monoisotopic (exact) mass is 386 g/mol. The number of fused-ring (bicyclic) bond motifs is 2. The summed E-state index contributed by atoms with van der Waals surface area (Å²) in [5.74, 6) is 0.0552. The number of carbonyl (C=O) groups is 1. The van der Waals surface area contributed by atoms with Gasteiger partial charge in [0.25, 0.3) is 5.91 Å². The molecule has 2 aromatic carbocycles. The van der Waals surface area contributed by atoms with Gasteiger partial charge in [0.05, 0.1) is 5.60 Å². The van der Waals surface area contributed by atoms with E-state index >= 15 is 0 Å². The predicted molar refractivity (Wildman–Crippen MR) is 113 cm³/mol. The minimum Gasteiger partial charge on any atom is -0.385 e. The fourth-order valence-electron chi connectivity index (χ4n) is 5.37. The summed E-state index contributed by atoms with van der Waals surface area (Å²) in [6, 6.07) is 19.9.